The Kier molecular flexibility index (Phi) is 4.94. The maximum absolute atomic E-state index is 12.0. The Bertz CT molecular complexity index is 440. The second-order valence-electron chi connectivity index (χ2n) is 4.43. The first-order valence-corrected chi connectivity index (χ1v) is 9.30. The zero-order chi connectivity index (χ0) is 13.1. The first-order chi connectivity index (χ1) is 7.76. The van der Waals surface area contributed by atoms with Crippen molar-refractivity contribution < 1.29 is 16.8 Å². The van der Waals surface area contributed by atoms with Crippen molar-refractivity contribution in [1.82, 2.24) is 4.31 Å². The zero-order valence-corrected chi connectivity index (χ0v) is 11.6. The Labute approximate surface area is 103 Å². The SMILES string of the molecule is CS(=O)(=O)CCS(=O)(=O)N(CCCN)C1CC1. The van der Waals surface area contributed by atoms with Crippen LogP contribution in [0.4, 0.5) is 0 Å². The van der Waals surface area contributed by atoms with Crippen LogP contribution in [0.3, 0.4) is 0 Å². The molecule has 0 spiro atoms. The fourth-order valence-corrected chi connectivity index (χ4v) is 4.89. The van der Waals surface area contributed by atoms with Crippen LogP contribution in [0.15, 0.2) is 0 Å². The minimum absolute atomic E-state index is 0.0612. The predicted molar refractivity (Wildman–Crippen MR) is 66.9 cm³/mol. The van der Waals surface area contributed by atoms with Crippen LogP contribution < -0.4 is 5.73 Å². The van der Waals surface area contributed by atoms with E-state index in [2.05, 4.69) is 0 Å². The Morgan fingerprint density at radius 1 is 1.18 bits per heavy atom. The van der Waals surface area contributed by atoms with Crippen molar-refractivity contribution in [3.05, 3.63) is 0 Å². The van der Waals surface area contributed by atoms with Crippen molar-refractivity contribution in [2.45, 2.75) is 25.3 Å². The quantitative estimate of drug-likeness (QED) is 0.627. The van der Waals surface area contributed by atoms with Crippen LogP contribution in [-0.4, -0.2) is 58.0 Å². The van der Waals surface area contributed by atoms with Crippen LogP contribution in [0.25, 0.3) is 0 Å². The van der Waals surface area contributed by atoms with E-state index in [1.54, 1.807) is 0 Å². The van der Waals surface area contributed by atoms with Crippen LogP contribution in [0, 0.1) is 0 Å². The van der Waals surface area contributed by atoms with Gasteiger partial charge in [0.1, 0.15) is 9.84 Å². The van der Waals surface area contributed by atoms with E-state index in [4.69, 9.17) is 5.73 Å². The van der Waals surface area contributed by atoms with E-state index in [1.165, 1.54) is 4.31 Å². The van der Waals surface area contributed by atoms with Gasteiger partial charge in [-0.15, -0.1) is 0 Å². The summed E-state index contributed by atoms with van der Waals surface area (Å²) in [5.74, 6) is -0.645. The van der Waals surface area contributed by atoms with Gasteiger partial charge in [0.05, 0.1) is 11.5 Å². The number of sulfone groups is 1. The molecule has 17 heavy (non-hydrogen) atoms. The van der Waals surface area contributed by atoms with Gasteiger partial charge in [-0.1, -0.05) is 0 Å². The van der Waals surface area contributed by atoms with Gasteiger partial charge < -0.3 is 5.73 Å². The summed E-state index contributed by atoms with van der Waals surface area (Å²) in [5.41, 5.74) is 5.37. The first-order valence-electron chi connectivity index (χ1n) is 5.63. The topological polar surface area (TPSA) is 97.5 Å². The zero-order valence-electron chi connectivity index (χ0n) is 10.0. The summed E-state index contributed by atoms with van der Waals surface area (Å²) in [7, 11) is -6.71. The number of hydrogen-bond acceptors (Lipinski definition) is 5. The molecule has 2 N–H and O–H groups in total. The van der Waals surface area contributed by atoms with E-state index in [0.717, 1.165) is 19.1 Å². The van der Waals surface area contributed by atoms with Crippen molar-refractivity contribution >= 4 is 19.9 Å². The maximum atomic E-state index is 12.0. The molecule has 0 amide bonds. The molecule has 8 heteroatoms. The van der Waals surface area contributed by atoms with Gasteiger partial charge in [0, 0.05) is 18.8 Å². The van der Waals surface area contributed by atoms with Gasteiger partial charge in [-0.05, 0) is 25.8 Å². The molecular formula is C9H20N2O4S2. The normalized spacial score (nSPS) is 17.6. The number of nitrogens with zero attached hydrogens (tertiary/aromatic N) is 1. The summed E-state index contributed by atoms with van der Waals surface area (Å²) in [6, 6.07) is 0.0612. The molecule has 0 aromatic carbocycles. The number of hydrogen-bond donors (Lipinski definition) is 1. The standard InChI is InChI=1S/C9H20N2O4S2/c1-16(12,13)7-8-17(14,15)11(6-2-5-10)9-3-4-9/h9H,2-8,10H2,1H3. The molecule has 0 aromatic rings. The monoisotopic (exact) mass is 284 g/mol. The van der Waals surface area contributed by atoms with Crippen molar-refractivity contribution in [2.24, 2.45) is 5.73 Å². The van der Waals surface area contributed by atoms with Crippen LogP contribution in [0.5, 0.6) is 0 Å². The highest BCUT2D eigenvalue weighted by Crippen LogP contribution is 2.29. The molecule has 1 saturated carbocycles. The van der Waals surface area contributed by atoms with Gasteiger partial charge in [-0.3, -0.25) is 0 Å². The molecule has 1 aliphatic rings. The summed E-state index contributed by atoms with van der Waals surface area (Å²) in [6.07, 6.45) is 3.38. The average Bonchev–Trinajstić information content (AvgIpc) is 2.98. The average molecular weight is 284 g/mol. The van der Waals surface area contributed by atoms with Gasteiger partial charge >= 0.3 is 0 Å². The van der Waals surface area contributed by atoms with E-state index < -0.39 is 19.9 Å². The fourth-order valence-electron chi connectivity index (χ4n) is 1.53. The van der Waals surface area contributed by atoms with Crippen LogP contribution >= 0.6 is 0 Å². The number of nitrogens with two attached hydrogens (primary N) is 1. The fraction of sp³-hybridized carbons (Fsp3) is 1.00. The Morgan fingerprint density at radius 2 is 1.76 bits per heavy atom. The van der Waals surface area contributed by atoms with Gasteiger partial charge in [-0.25, -0.2) is 16.8 Å². The van der Waals surface area contributed by atoms with Crippen molar-refractivity contribution in [3.63, 3.8) is 0 Å². The third-order valence-corrected chi connectivity index (χ3v) is 5.73. The van der Waals surface area contributed by atoms with Gasteiger partial charge in [0.15, 0.2) is 0 Å². The van der Waals surface area contributed by atoms with Crippen molar-refractivity contribution in [2.75, 3.05) is 30.9 Å². The summed E-state index contributed by atoms with van der Waals surface area (Å²) in [6.45, 7) is 0.831. The Hall–Kier alpha value is -0.180. The second kappa shape index (κ2) is 5.64. The first kappa shape index (κ1) is 14.9. The second-order valence-corrected chi connectivity index (χ2v) is 8.73. The smallest absolute Gasteiger partial charge is 0.215 e. The number of sulfonamides is 1. The predicted octanol–water partition coefficient (Wildman–Crippen LogP) is -0.826. The highest BCUT2D eigenvalue weighted by molar-refractivity contribution is 7.93. The van der Waals surface area contributed by atoms with Crippen LogP contribution in [-0.2, 0) is 19.9 Å². The third kappa shape index (κ3) is 5.33. The minimum atomic E-state index is -3.47. The lowest BCUT2D eigenvalue weighted by atomic mass is 10.4. The molecular weight excluding hydrogens is 264 g/mol. The highest BCUT2D eigenvalue weighted by Gasteiger charge is 2.36. The molecule has 0 aliphatic heterocycles. The summed E-state index contributed by atoms with van der Waals surface area (Å²) >= 11 is 0. The van der Waals surface area contributed by atoms with Crippen LogP contribution in [0.1, 0.15) is 19.3 Å². The van der Waals surface area contributed by atoms with Gasteiger partial charge in [-0.2, -0.15) is 4.31 Å². The molecule has 102 valence electrons. The van der Waals surface area contributed by atoms with Gasteiger partial charge in [0.2, 0.25) is 10.0 Å². The lowest BCUT2D eigenvalue weighted by Crippen LogP contribution is -2.38. The summed E-state index contributed by atoms with van der Waals surface area (Å²) in [5, 5.41) is 0. The largest absolute Gasteiger partial charge is 0.330 e. The van der Waals surface area contributed by atoms with Crippen molar-refractivity contribution in [1.29, 1.82) is 0 Å². The molecule has 1 fully saturated rings. The summed E-state index contributed by atoms with van der Waals surface area (Å²) < 4.78 is 47.4. The number of rotatable bonds is 8. The highest BCUT2D eigenvalue weighted by atomic mass is 32.2. The van der Waals surface area contributed by atoms with E-state index >= 15 is 0 Å². The van der Waals surface area contributed by atoms with E-state index in [1.807, 2.05) is 0 Å². The van der Waals surface area contributed by atoms with Gasteiger partial charge in [0.25, 0.3) is 0 Å². The van der Waals surface area contributed by atoms with E-state index in [-0.39, 0.29) is 17.5 Å². The molecule has 1 rings (SSSR count). The van der Waals surface area contributed by atoms with Crippen molar-refractivity contribution in [3.8, 4) is 0 Å². The van der Waals surface area contributed by atoms with E-state index in [0.29, 0.717) is 19.5 Å². The third-order valence-electron chi connectivity index (χ3n) is 2.61. The molecule has 0 aromatic heterocycles. The summed E-state index contributed by atoms with van der Waals surface area (Å²) in [4.78, 5) is 0. The molecule has 0 radical (unpaired) electrons. The Balaban J connectivity index is 2.64. The maximum Gasteiger partial charge on any atom is 0.215 e. The lowest BCUT2D eigenvalue weighted by Gasteiger charge is -2.21. The molecule has 0 heterocycles. The molecule has 1 aliphatic carbocycles. The Morgan fingerprint density at radius 3 is 2.18 bits per heavy atom. The minimum Gasteiger partial charge on any atom is -0.330 e. The molecule has 0 bridgehead atoms. The molecule has 0 unspecified atom stereocenters. The molecule has 0 atom stereocenters. The lowest BCUT2D eigenvalue weighted by molar-refractivity contribution is 0.400. The molecule has 6 nitrogen and oxygen atoms in total. The molecule has 0 saturated heterocycles. The van der Waals surface area contributed by atoms with Crippen LogP contribution in [0.2, 0.25) is 0 Å². The van der Waals surface area contributed by atoms with E-state index in [9.17, 15) is 16.8 Å².